The Bertz CT molecular complexity index is 725. The minimum atomic E-state index is -0.727. The molecular weight excluding hydrogens is 304 g/mol. The van der Waals surface area contributed by atoms with E-state index in [2.05, 4.69) is 11.4 Å². The van der Waals surface area contributed by atoms with Crippen molar-refractivity contribution in [3.8, 4) is 6.07 Å². The molecule has 0 radical (unpaired) electrons. The lowest BCUT2D eigenvalue weighted by Crippen LogP contribution is -2.48. The molecule has 0 bridgehead atoms. The summed E-state index contributed by atoms with van der Waals surface area (Å²) in [5, 5.41) is 13.8. The quantitative estimate of drug-likeness (QED) is 0.885. The van der Waals surface area contributed by atoms with Gasteiger partial charge in [0.1, 0.15) is 10.4 Å². The Labute approximate surface area is 132 Å². The molecule has 0 atom stereocenters. The van der Waals surface area contributed by atoms with Crippen LogP contribution in [0.2, 0.25) is 5.02 Å². The van der Waals surface area contributed by atoms with Gasteiger partial charge in [-0.15, -0.1) is 11.3 Å². The predicted molar refractivity (Wildman–Crippen MR) is 85.7 cm³/mol. The third-order valence-corrected chi connectivity index (χ3v) is 5.69. The lowest BCUT2D eigenvalue weighted by molar-refractivity contribution is 0.0907. The van der Waals surface area contributed by atoms with E-state index in [-0.39, 0.29) is 5.91 Å². The molecule has 1 heterocycles. The second kappa shape index (κ2) is 5.67. The molecule has 1 saturated carbocycles. The molecule has 1 aromatic carbocycles. The molecule has 1 amide bonds. The zero-order valence-corrected chi connectivity index (χ0v) is 13.1. The molecule has 0 aliphatic heterocycles. The maximum Gasteiger partial charge on any atom is 0.264 e. The van der Waals surface area contributed by atoms with Gasteiger partial charge in [0.25, 0.3) is 5.91 Å². The van der Waals surface area contributed by atoms with Gasteiger partial charge in [-0.1, -0.05) is 49.1 Å². The van der Waals surface area contributed by atoms with Crippen LogP contribution in [0.4, 0.5) is 0 Å². The largest absolute Gasteiger partial charge is 0.333 e. The number of thiophene rings is 1. The number of nitrogens with zero attached hydrogens (tertiary/aromatic N) is 1. The second-order valence-electron chi connectivity index (χ2n) is 5.45. The Morgan fingerprint density at radius 1 is 1.29 bits per heavy atom. The monoisotopic (exact) mass is 318 g/mol. The van der Waals surface area contributed by atoms with Gasteiger partial charge in [-0.3, -0.25) is 4.79 Å². The highest BCUT2D eigenvalue weighted by Gasteiger charge is 2.34. The summed E-state index contributed by atoms with van der Waals surface area (Å²) in [6, 6.07) is 9.99. The first kappa shape index (κ1) is 14.4. The Balaban J connectivity index is 1.90. The number of fused-ring (bicyclic) bond motifs is 1. The summed E-state index contributed by atoms with van der Waals surface area (Å²) >= 11 is 7.70. The fourth-order valence-electron chi connectivity index (χ4n) is 2.85. The van der Waals surface area contributed by atoms with E-state index >= 15 is 0 Å². The fraction of sp³-hybridized carbons (Fsp3) is 0.375. The van der Waals surface area contributed by atoms with Gasteiger partial charge in [-0.05, 0) is 18.9 Å². The molecule has 1 fully saturated rings. The number of nitriles is 1. The van der Waals surface area contributed by atoms with Crippen molar-refractivity contribution in [2.24, 2.45) is 0 Å². The maximum atomic E-state index is 12.5. The number of amides is 1. The number of carbonyl (C=O) groups is 1. The average Bonchev–Trinajstić information content (AvgIpc) is 2.86. The molecule has 3 nitrogen and oxygen atoms in total. The Morgan fingerprint density at radius 2 is 2.00 bits per heavy atom. The van der Waals surface area contributed by atoms with Crippen LogP contribution in [0.5, 0.6) is 0 Å². The number of carbonyl (C=O) groups excluding carboxylic acids is 1. The molecule has 0 saturated heterocycles. The first-order valence-corrected chi connectivity index (χ1v) is 8.25. The summed E-state index contributed by atoms with van der Waals surface area (Å²) in [4.78, 5) is 13.0. The van der Waals surface area contributed by atoms with Gasteiger partial charge in [0.15, 0.2) is 0 Å². The summed E-state index contributed by atoms with van der Waals surface area (Å²) in [5.74, 6) is -0.232. The van der Waals surface area contributed by atoms with Crippen LogP contribution in [0.1, 0.15) is 41.8 Å². The molecule has 1 aromatic heterocycles. The van der Waals surface area contributed by atoms with E-state index in [9.17, 15) is 10.1 Å². The highest BCUT2D eigenvalue weighted by molar-refractivity contribution is 7.21. The van der Waals surface area contributed by atoms with Gasteiger partial charge < -0.3 is 5.32 Å². The molecule has 1 aliphatic carbocycles. The van der Waals surface area contributed by atoms with E-state index in [4.69, 9.17) is 11.6 Å². The lowest BCUT2D eigenvalue weighted by Gasteiger charge is -2.31. The van der Waals surface area contributed by atoms with Crippen molar-refractivity contribution < 1.29 is 4.79 Å². The van der Waals surface area contributed by atoms with Gasteiger partial charge in [-0.2, -0.15) is 5.26 Å². The van der Waals surface area contributed by atoms with E-state index in [1.807, 2.05) is 24.3 Å². The third-order valence-electron chi connectivity index (χ3n) is 4.02. The third kappa shape index (κ3) is 2.64. The van der Waals surface area contributed by atoms with Crippen molar-refractivity contribution in [1.29, 1.82) is 5.26 Å². The van der Waals surface area contributed by atoms with Crippen LogP contribution in [-0.4, -0.2) is 11.4 Å². The van der Waals surface area contributed by atoms with Crippen LogP contribution < -0.4 is 5.32 Å². The Kier molecular flexibility index (Phi) is 3.88. The molecule has 3 rings (SSSR count). The molecule has 1 N–H and O–H groups in total. The second-order valence-corrected chi connectivity index (χ2v) is 6.88. The Hall–Kier alpha value is -1.57. The average molecular weight is 319 g/mol. The van der Waals surface area contributed by atoms with Gasteiger partial charge in [-0.25, -0.2) is 0 Å². The van der Waals surface area contributed by atoms with Crippen molar-refractivity contribution in [2.75, 3.05) is 0 Å². The van der Waals surface area contributed by atoms with Crippen LogP contribution >= 0.6 is 22.9 Å². The van der Waals surface area contributed by atoms with Crippen LogP contribution in [-0.2, 0) is 0 Å². The van der Waals surface area contributed by atoms with Crippen molar-refractivity contribution in [3.05, 3.63) is 34.2 Å². The fourth-order valence-corrected chi connectivity index (χ4v) is 4.27. The summed E-state index contributed by atoms with van der Waals surface area (Å²) < 4.78 is 0.988. The van der Waals surface area contributed by atoms with Crippen LogP contribution in [0.15, 0.2) is 24.3 Å². The standard InChI is InChI=1S/C16H15ClN2OS/c17-13-11-6-2-3-7-12(11)21-14(13)15(20)19-16(10-18)8-4-1-5-9-16/h2-3,6-7H,1,4-5,8-9H2,(H,19,20). The van der Waals surface area contributed by atoms with Gasteiger partial charge in [0.05, 0.1) is 11.1 Å². The highest BCUT2D eigenvalue weighted by Crippen LogP contribution is 2.36. The van der Waals surface area contributed by atoms with E-state index in [1.165, 1.54) is 11.3 Å². The van der Waals surface area contributed by atoms with Gasteiger partial charge >= 0.3 is 0 Å². The topological polar surface area (TPSA) is 52.9 Å². The van der Waals surface area contributed by atoms with Crippen LogP contribution in [0.25, 0.3) is 10.1 Å². The van der Waals surface area contributed by atoms with Crippen LogP contribution in [0, 0.1) is 11.3 Å². The molecule has 1 aliphatic rings. The first-order chi connectivity index (χ1) is 10.2. The van der Waals surface area contributed by atoms with Gasteiger partial charge in [0.2, 0.25) is 0 Å². The van der Waals surface area contributed by atoms with Crippen molar-refractivity contribution >= 4 is 38.9 Å². The number of hydrogen-bond acceptors (Lipinski definition) is 3. The summed E-state index contributed by atoms with van der Waals surface area (Å²) in [7, 11) is 0. The smallest absolute Gasteiger partial charge is 0.264 e. The summed E-state index contributed by atoms with van der Waals surface area (Å²) in [5.41, 5.74) is -0.727. The Morgan fingerprint density at radius 3 is 2.67 bits per heavy atom. The van der Waals surface area contributed by atoms with E-state index in [0.717, 1.165) is 42.2 Å². The molecule has 5 heteroatoms. The van der Waals surface area contributed by atoms with Crippen molar-refractivity contribution in [2.45, 2.75) is 37.6 Å². The van der Waals surface area contributed by atoms with Crippen molar-refractivity contribution in [3.63, 3.8) is 0 Å². The normalized spacial score (nSPS) is 17.3. The molecule has 0 spiro atoms. The van der Waals surface area contributed by atoms with Gasteiger partial charge in [0, 0.05) is 10.1 Å². The van der Waals surface area contributed by atoms with E-state index in [1.54, 1.807) is 0 Å². The minimum Gasteiger partial charge on any atom is -0.333 e. The molecular formula is C16H15ClN2OS. The molecule has 0 unspecified atom stereocenters. The number of rotatable bonds is 2. The highest BCUT2D eigenvalue weighted by atomic mass is 35.5. The molecule has 21 heavy (non-hydrogen) atoms. The molecule has 2 aromatic rings. The predicted octanol–water partition coefficient (Wildman–Crippen LogP) is 4.51. The first-order valence-electron chi connectivity index (χ1n) is 7.06. The SMILES string of the molecule is N#CC1(NC(=O)c2sc3ccccc3c2Cl)CCCCC1. The van der Waals surface area contributed by atoms with E-state index in [0.29, 0.717) is 9.90 Å². The van der Waals surface area contributed by atoms with E-state index < -0.39 is 5.54 Å². The number of halogens is 1. The number of nitrogens with one attached hydrogen (secondary N) is 1. The van der Waals surface area contributed by atoms with Crippen molar-refractivity contribution in [1.82, 2.24) is 5.32 Å². The molecule has 108 valence electrons. The zero-order chi connectivity index (χ0) is 14.9. The summed E-state index contributed by atoms with van der Waals surface area (Å²) in [6.45, 7) is 0. The zero-order valence-electron chi connectivity index (χ0n) is 11.5. The number of hydrogen-bond donors (Lipinski definition) is 1. The number of benzene rings is 1. The lowest BCUT2D eigenvalue weighted by atomic mass is 9.83. The summed E-state index contributed by atoms with van der Waals surface area (Å²) in [6.07, 6.45) is 4.53. The maximum absolute atomic E-state index is 12.5. The minimum absolute atomic E-state index is 0.232. The van der Waals surface area contributed by atoms with Crippen LogP contribution in [0.3, 0.4) is 0 Å².